The van der Waals surface area contributed by atoms with E-state index in [1.54, 1.807) is 0 Å². The van der Waals surface area contributed by atoms with E-state index in [1.807, 2.05) is 0 Å². The van der Waals surface area contributed by atoms with E-state index in [0.29, 0.717) is 0 Å². The van der Waals surface area contributed by atoms with Gasteiger partial charge in [0, 0.05) is 13.2 Å². The molecule has 0 spiro atoms. The van der Waals surface area contributed by atoms with Gasteiger partial charge in [-0.15, -0.1) is 0 Å². The predicted molar refractivity (Wildman–Crippen MR) is 73.4 cm³/mol. The third kappa shape index (κ3) is 4.19. The van der Waals surface area contributed by atoms with Crippen molar-refractivity contribution in [3.05, 3.63) is 0 Å². The van der Waals surface area contributed by atoms with Crippen LogP contribution in [0.2, 0.25) is 18.1 Å². The quantitative estimate of drug-likeness (QED) is 0.635. The van der Waals surface area contributed by atoms with E-state index >= 15 is 0 Å². The van der Waals surface area contributed by atoms with Crippen molar-refractivity contribution in [3.8, 4) is 0 Å². The first-order valence-electron chi connectivity index (χ1n) is 7.12. The Morgan fingerprint density at radius 2 is 1.50 bits per heavy atom. The number of hydrogen-bond donors (Lipinski definition) is 0. The van der Waals surface area contributed by atoms with Crippen molar-refractivity contribution in [1.82, 2.24) is 4.90 Å². The van der Waals surface area contributed by atoms with E-state index in [-0.39, 0.29) is 0 Å². The Balaban J connectivity index is 2.21. The molecule has 1 fully saturated rings. The van der Waals surface area contributed by atoms with Gasteiger partial charge in [-0.05, 0) is 44.1 Å². The van der Waals surface area contributed by atoms with Gasteiger partial charge in [0.25, 0.3) is 0 Å². The highest BCUT2D eigenvalue weighted by Gasteiger charge is 2.28. The third-order valence-electron chi connectivity index (χ3n) is 4.20. The molecule has 0 aromatic heterocycles. The fourth-order valence-electron chi connectivity index (χ4n) is 2.63. The molecule has 0 amide bonds. The molecule has 2 nitrogen and oxygen atoms in total. The van der Waals surface area contributed by atoms with Gasteiger partial charge in [0.15, 0.2) is 8.32 Å². The van der Waals surface area contributed by atoms with Gasteiger partial charge in [0.05, 0.1) is 0 Å². The van der Waals surface area contributed by atoms with Crippen LogP contribution in [0, 0.1) is 0 Å². The smallest absolute Gasteiger partial charge is 0.192 e. The van der Waals surface area contributed by atoms with Crippen molar-refractivity contribution >= 4 is 8.32 Å². The minimum atomic E-state index is -1.33. The van der Waals surface area contributed by atoms with Crippen LogP contribution in [0.4, 0.5) is 0 Å². The van der Waals surface area contributed by atoms with Crippen molar-refractivity contribution < 1.29 is 4.43 Å². The van der Waals surface area contributed by atoms with Crippen LogP contribution in [0.1, 0.15) is 40.0 Å². The molecule has 0 N–H and O–H groups in total. The van der Waals surface area contributed by atoms with Crippen LogP contribution in [0.15, 0.2) is 0 Å². The van der Waals surface area contributed by atoms with Crippen LogP contribution in [-0.4, -0.2) is 39.5 Å². The Labute approximate surface area is 102 Å². The maximum Gasteiger partial charge on any atom is 0.192 e. The minimum Gasteiger partial charge on any atom is -0.416 e. The Morgan fingerprint density at radius 3 is 2.00 bits per heavy atom. The average molecular weight is 243 g/mol. The average Bonchev–Trinajstić information content (AvgIpc) is 2.37. The van der Waals surface area contributed by atoms with E-state index in [4.69, 9.17) is 4.43 Å². The fourth-order valence-corrected chi connectivity index (χ4v) is 5.27. The Morgan fingerprint density at radius 1 is 0.938 bits per heavy atom. The first kappa shape index (κ1) is 14.2. The standard InChI is InChI=1S/C13H29NOSi/c1-4-16(5-2,6-3)15-13-12-14-10-8-7-9-11-14/h4-13H2,1-3H3. The van der Waals surface area contributed by atoms with Crippen molar-refractivity contribution in [2.45, 2.75) is 58.2 Å². The van der Waals surface area contributed by atoms with E-state index in [9.17, 15) is 0 Å². The van der Waals surface area contributed by atoms with Gasteiger partial charge in [-0.2, -0.15) is 0 Å². The van der Waals surface area contributed by atoms with Gasteiger partial charge in [0.2, 0.25) is 0 Å². The minimum absolute atomic E-state index is 0.974. The van der Waals surface area contributed by atoms with Crippen molar-refractivity contribution in [1.29, 1.82) is 0 Å². The Hall–Kier alpha value is 0.137. The van der Waals surface area contributed by atoms with E-state index in [1.165, 1.54) is 50.5 Å². The number of nitrogens with zero attached hydrogens (tertiary/aromatic N) is 1. The summed E-state index contributed by atoms with van der Waals surface area (Å²) in [7, 11) is -1.33. The molecule has 0 saturated carbocycles. The summed E-state index contributed by atoms with van der Waals surface area (Å²) in [5, 5.41) is 0. The zero-order valence-corrected chi connectivity index (χ0v) is 12.4. The summed E-state index contributed by atoms with van der Waals surface area (Å²) in [6.07, 6.45) is 4.20. The van der Waals surface area contributed by atoms with Crippen molar-refractivity contribution in [2.24, 2.45) is 0 Å². The maximum absolute atomic E-state index is 6.28. The first-order chi connectivity index (χ1) is 7.76. The zero-order valence-electron chi connectivity index (χ0n) is 11.4. The number of rotatable bonds is 7. The summed E-state index contributed by atoms with van der Waals surface area (Å²) in [5.41, 5.74) is 0. The summed E-state index contributed by atoms with van der Waals surface area (Å²) in [6, 6.07) is 3.83. The molecule has 0 aliphatic carbocycles. The molecule has 0 atom stereocenters. The first-order valence-corrected chi connectivity index (χ1v) is 9.65. The molecule has 1 heterocycles. The topological polar surface area (TPSA) is 12.5 Å². The summed E-state index contributed by atoms with van der Waals surface area (Å²) in [5.74, 6) is 0. The zero-order chi connectivity index (χ0) is 11.9. The Bertz CT molecular complexity index is 169. The van der Waals surface area contributed by atoms with Crippen LogP contribution in [0.5, 0.6) is 0 Å². The largest absolute Gasteiger partial charge is 0.416 e. The van der Waals surface area contributed by atoms with Crippen LogP contribution in [0.25, 0.3) is 0 Å². The lowest BCUT2D eigenvalue weighted by atomic mass is 10.1. The molecule has 0 aromatic rings. The molecular weight excluding hydrogens is 214 g/mol. The number of piperidine rings is 1. The number of hydrogen-bond acceptors (Lipinski definition) is 2. The second kappa shape index (κ2) is 7.46. The van der Waals surface area contributed by atoms with Gasteiger partial charge in [-0.3, -0.25) is 0 Å². The van der Waals surface area contributed by atoms with Crippen LogP contribution in [-0.2, 0) is 4.43 Å². The van der Waals surface area contributed by atoms with Crippen molar-refractivity contribution in [2.75, 3.05) is 26.2 Å². The molecule has 0 radical (unpaired) electrons. The van der Waals surface area contributed by atoms with Gasteiger partial charge in [-0.1, -0.05) is 27.2 Å². The summed E-state index contributed by atoms with van der Waals surface area (Å²) in [6.45, 7) is 11.6. The van der Waals surface area contributed by atoms with Gasteiger partial charge in [-0.25, -0.2) is 0 Å². The van der Waals surface area contributed by atoms with Gasteiger partial charge in [0.1, 0.15) is 0 Å². The van der Waals surface area contributed by atoms with Gasteiger partial charge < -0.3 is 9.33 Å². The Kier molecular flexibility index (Phi) is 6.62. The number of likely N-dealkylation sites (tertiary alicyclic amines) is 1. The molecule has 1 saturated heterocycles. The van der Waals surface area contributed by atoms with Crippen LogP contribution >= 0.6 is 0 Å². The fraction of sp³-hybridized carbons (Fsp3) is 1.00. The molecule has 0 bridgehead atoms. The summed E-state index contributed by atoms with van der Waals surface area (Å²) < 4.78 is 6.28. The maximum atomic E-state index is 6.28. The second-order valence-corrected chi connectivity index (χ2v) is 9.77. The molecule has 0 unspecified atom stereocenters. The van der Waals surface area contributed by atoms with Gasteiger partial charge >= 0.3 is 0 Å². The monoisotopic (exact) mass is 243 g/mol. The van der Waals surface area contributed by atoms with E-state index in [0.717, 1.165) is 13.2 Å². The summed E-state index contributed by atoms with van der Waals surface area (Å²) >= 11 is 0. The highest BCUT2D eigenvalue weighted by Crippen LogP contribution is 2.21. The second-order valence-electron chi connectivity index (χ2n) is 4.99. The lowest BCUT2D eigenvalue weighted by Crippen LogP contribution is -2.40. The highest BCUT2D eigenvalue weighted by molar-refractivity contribution is 6.73. The molecule has 96 valence electrons. The third-order valence-corrected chi connectivity index (χ3v) is 8.88. The predicted octanol–water partition coefficient (Wildman–Crippen LogP) is 3.49. The molecule has 16 heavy (non-hydrogen) atoms. The van der Waals surface area contributed by atoms with E-state index in [2.05, 4.69) is 25.7 Å². The van der Waals surface area contributed by atoms with Crippen LogP contribution < -0.4 is 0 Å². The van der Waals surface area contributed by atoms with Crippen molar-refractivity contribution in [3.63, 3.8) is 0 Å². The molecule has 1 aliphatic heterocycles. The molecular formula is C13H29NOSi. The molecule has 0 aromatic carbocycles. The lowest BCUT2D eigenvalue weighted by Gasteiger charge is -2.31. The normalized spacial score (nSPS) is 18.9. The van der Waals surface area contributed by atoms with E-state index < -0.39 is 8.32 Å². The molecule has 1 rings (SSSR count). The molecule has 1 aliphatic rings. The lowest BCUT2D eigenvalue weighted by molar-refractivity contribution is 0.178. The SMILES string of the molecule is CC[Si](CC)(CC)OCCN1CCCCC1. The highest BCUT2D eigenvalue weighted by atomic mass is 28.4. The van der Waals surface area contributed by atoms with Crippen LogP contribution in [0.3, 0.4) is 0 Å². The summed E-state index contributed by atoms with van der Waals surface area (Å²) in [4.78, 5) is 2.57. The molecule has 3 heteroatoms.